The number of sulfonamides is 1. The van der Waals surface area contributed by atoms with E-state index in [0.717, 1.165) is 0 Å². The number of ether oxygens (including phenoxy) is 2. The zero-order valence-corrected chi connectivity index (χ0v) is 23.4. The Hall–Kier alpha value is -3.72. The van der Waals surface area contributed by atoms with E-state index in [4.69, 9.17) is 9.47 Å². The predicted molar refractivity (Wildman–Crippen MR) is 140 cm³/mol. The smallest absolute Gasteiger partial charge is 0.407 e. The average Bonchev–Trinajstić information content (AvgIpc) is 3.29. The van der Waals surface area contributed by atoms with E-state index < -0.39 is 63.1 Å². The standard InChI is InChI=1S/C25H32N4O10S/c1-15-12-27(14-37-23(31)16-10-18(11-16)39-29(33)34)22(30)19-6-5-7-20(21(15)19)40(35,36)28-9-8-17(13-28)26-24(32)38-25(2,3)4/h5-7,12,16-18H,8-11,13-14H2,1-4H3,(H,26,32)/t16?,17-,18?/m0/s1. The van der Waals surface area contributed by atoms with E-state index >= 15 is 0 Å². The number of benzene rings is 1. The van der Waals surface area contributed by atoms with Crippen LogP contribution in [0, 0.1) is 23.0 Å². The number of carbonyl (C=O) groups excluding carboxylic acids is 2. The van der Waals surface area contributed by atoms with E-state index in [1.54, 1.807) is 27.7 Å². The van der Waals surface area contributed by atoms with Crippen LogP contribution in [-0.2, 0) is 35.9 Å². The maximum absolute atomic E-state index is 13.6. The van der Waals surface area contributed by atoms with Crippen LogP contribution in [0.3, 0.4) is 0 Å². The summed E-state index contributed by atoms with van der Waals surface area (Å²) in [7, 11) is -4.02. The lowest BCUT2D eigenvalue weighted by molar-refractivity contribution is -0.772. The Morgan fingerprint density at radius 1 is 1.23 bits per heavy atom. The Morgan fingerprint density at radius 2 is 1.93 bits per heavy atom. The second kappa shape index (κ2) is 11.0. The average molecular weight is 581 g/mol. The molecule has 2 aliphatic rings. The van der Waals surface area contributed by atoms with Gasteiger partial charge in [-0.3, -0.25) is 14.2 Å². The number of rotatable bonds is 8. The van der Waals surface area contributed by atoms with Crippen molar-refractivity contribution in [2.45, 2.75) is 76.3 Å². The highest BCUT2D eigenvalue weighted by atomic mass is 32.2. The third-order valence-corrected chi connectivity index (χ3v) is 8.67. The number of fused-ring (bicyclic) bond motifs is 1. The van der Waals surface area contributed by atoms with Crippen molar-refractivity contribution >= 4 is 32.9 Å². The van der Waals surface area contributed by atoms with E-state index in [1.165, 1.54) is 33.3 Å². The van der Waals surface area contributed by atoms with Crippen LogP contribution in [0.2, 0.25) is 0 Å². The molecule has 2 heterocycles. The SMILES string of the molecule is Cc1cn(COC(=O)C2CC(O[N+](=O)[O-])C2)c(=O)c2cccc(S(=O)(=O)N3CC[C@H](NC(=O)OC(C)(C)C)C3)c12. The van der Waals surface area contributed by atoms with Gasteiger partial charge in [-0.1, -0.05) is 6.07 Å². The molecule has 1 atom stereocenters. The minimum atomic E-state index is -4.02. The second-order valence-electron chi connectivity index (χ2n) is 11.0. The van der Waals surface area contributed by atoms with Crippen molar-refractivity contribution in [2.24, 2.45) is 5.92 Å². The van der Waals surface area contributed by atoms with Gasteiger partial charge in [0.25, 0.3) is 10.6 Å². The highest BCUT2D eigenvalue weighted by molar-refractivity contribution is 7.89. The number of carbonyl (C=O) groups is 2. The number of hydrogen-bond acceptors (Lipinski definition) is 10. The van der Waals surface area contributed by atoms with Crippen LogP contribution in [0.15, 0.2) is 34.1 Å². The van der Waals surface area contributed by atoms with E-state index in [-0.39, 0.29) is 41.6 Å². The topological polar surface area (TPSA) is 176 Å². The fourth-order valence-corrected chi connectivity index (χ4v) is 6.61. The maximum atomic E-state index is 13.6. The number of alkyl carbamates (subject to hydrolysis) is 1. The fourth-order valence-electron chi connectivity index (χ4n) is 4.83. The quantitative estimate of drug-likeness (QED) is 0.276. The van der Waals surface area contributed by atoms with Gasteiger partial charge in [-0.15, -0.1) is 10.1 Å². The van der Waals surface area contributed by atoms with Crippen molar-refractivity contribution in [1.29, 1.82) is 0 Å². The van der Waals surface area contributed by atoms with Crippen molar-refractivity contribution in [3.8, 4) is 0 Å². The largest absolute Gasteiger partial charge is 0.444 e. The van der Waals surface area contributed by atoms with Gasteiger partial charge >= 0.3 is 12.1 Å². The molecule has 0 spiro atoms. The van der Waals surface area contributed by atoms with Crippen molar-refractivity contribution in [2.75, 3.05) is 13.1 Å². The Labute approximate surface area is 230 Å². The fraction of sp³-hybridized carbons (Fsp3) is 0.560. The Bertz CT molecular complexity index is 1490. The monoisotopic (exact) mass is 580 g/mol. The normalized spacial score (nSPS) is 21.4. The van der Waals surface area contributed by atoms with Crippen LogP contribution in [0.1, 0.15) is 45.6 Å². The zero-order chi connectivity index (χ0) is 29.4. The van der Waals surface area contributed by atoms with Gasteiger partial charge in [-0.2, -0.15) is 4.31 Å². The number of pyridine rings is 1. The number of aromatic nitrogens is 1. The Balaban J connectivity index is 1.48. The van der Waals surface area contributed by atoms with Gasteiger partial charge < -0.3 is 19.6 Å². The summed E-state index contributed by atoms with van der Waals surface area (Å²) in [5.74, 6) is -1.17. The van der Waals surface area contributed by atoms with Gasteiger partial charge in [0.1, 0.15) is 11.7 Å². The van der Waals surface area contributed by atoms with Crippen molar-refractivity contribution in [1.82, 2.24) is 14.2 Å². The number of esters is 1. The van der Waals surface area contributed by atoms with E-state index in [9.17, 15) is 32.9 Å². The van der Waals surface area contributed by atoms with Crippen LogP contribution in [-0.4, -0.2) is 65.3 Å². The van der Waals surface area contributed by atoms with Crippen molar-refractivity contribution in [3.05, 3.63) is 50.4 Å². The van der Waals surface area contributed by atoms with Crippen LogP contribution < -0.4 is 10.9 Å². The Morgan fingerprint density at radius 3 is 2.58 bits per heavy atom. The summed E-state index contributed by atoms with van der Waals surface area (Å²) in [6.45, 7) is 6.70. The van der Waals surface area contributed by atoms with Gasteiger partial charge in [0.2, 0.25) is 10.0 Å². The summed E-state index contributed by atoms with van der Waals surface area (Å²) in [6, 6.07) is 3.99. The second-order valence-corrected chi connectivity index (χ2v) is 12.9. The van der Waals surface area contributed by atoms with Crippen molar-refractivity contribution in [3.63, 3.8) is 0 Å². The van der Waals surface area contributed by atoms with E-state index in [0.29, 0.717) is 12.0 Å². The van der Waals surface area contributed by atoms with Gasteiger partial charge in [0, 0.05) is 36.1 Å². The number of hydrogen-bond donors (Lipinski definition) is 1. The van der Waals surface area contributed by atoms with Gasteiger partial charge in [0.05, 0.1) is 10.8 Å². The molecule has 1 saturated heterocycles. The molecule has 218 valence electrons. The molecule has 1 amide bonds. The highest BCUT2D eigenvalue weighted by Gasteiger charge is 2.38. The molecule has 40 heavy (non-hydrogen) atoms. The molecule has 1 aromatic carbocycles. The lowest BCUT2D eigenvalue weighted by Gasteiger charge is -2.31. The molecule has 4 rings (SSSR count). The molecular formula is C25H32N4O10S. The molecule has 1 aliphatic carbocycles. The molecule has 14 nitrogen and oxygen atoms in total. The van der Waals surface area contributed by atoms with Gasteiger partial charge in [-0.05, 0) is 64.7 Å². The third kappa shape index (κ3) is 6.36. The summed E-state index contributed by atoms with van der Waals surface area (Å²) in [5, 5.41) is 12.6. The van der Waals surface area contributed by atoms with E-state index in [2.05, 4.69) is 10.2 Å². The molecular weight excluding hydrogens is 548 g/mol. The third-order valence-electron chi connectivity index (χ3n) is 6.76. The summed E-state index contributed by atoms with van der Waals surface area (Å²) in [6.07, 6.45) is 0.848. The van der Waals surface area contributed by atoms with Crippen molar-refractivity contribution < 1.29 is 37.4 Å². The lowest BCUT2D eigenvalue weighted by atomic mass is 9.82. The zero-order valence-electron chi connectivity index (χ0n) is 22.6. The molecule has 2 aromatic rings. The molecule has 15 heteroatoms. The molecule has 2 fully saturated rings. The summed E-state index contributed by atoms with van der Waals surface area (Å²) < 4.78 is 40.2. The van der Waals surface area contributed by atoms with E-state index in [1.807, 2.05) is 0 Å². The molecule has 0 bridgehead atoms. The number of nitrogens with one attached hydrogen (secondary N) is 1. The molecule has 0 radical (unpaired) electrons. The number of amides is 1. The summed E-state index contributed by atoms with van der Waals surface area (Å²) in [5.41, 5.74) is -0.746. The van der Waals surface area contributed by atoms with Crippen LogP contribution in [0.5, 0.6) is 0 Å². The maximum Gasteiger partial charge on any atom is 0.407 e. The Kier molecular flexibility index (Phi) is 8.08. The molecule has 1 aromatic heterocycles. The molecule has 1 aliphatic heterocycles. The first-order valence-corrected chi connectivity index (χ1v) is 14.2. The highest BCUT2D eigenvalue weighted by Crippen LogP contribution is 2.32. The minimum Gasteiger partial charge on any atom is -0.444 e. The summed E-state index contributed by atoms with van der Waals surface area (Å²) in [4.78, 5) is 52.4. The number of nitrogens with zero attached hydrogens (tertiary/aromatic N) is 3. The summed E-state index contributed by atoms with van der Waals surface area (Å²) >= 11 is 0. The first-order chi connectivity index (χ1) is 18.7. The molecule has 0 unspecified atom stereocenters. The van der Waals surface area contributed by atoms with Crippen LogP contribution in [0.25, 0.3) is 10.8 Å². The first kappa shape index (κ1) is 29.3. The van der Waals surface area contributed by atoms with Crippen LogP contribution in [0.4, 0.5) is 4.79 Å². The number of aryl methyl sites for hydroxylation is 1. The van der Waals surface area contributed by atoms with Crippen LogP contribution >= 0.6 is 0 Å². The van der Waals surface area contributed by atoms with Gasteiger partial charge in [-0.25, -0.2) is 13.2 Å². The first-order valence-electron chi connectivity index (χ1n) is 12.8. The predicted octanol–water partition coefficient (Wildman–Crippen LogP) is 2.09. The van der Waals surface area contributed by atoms with Gasteiger partial charge in [0.15, 0.2) is 6.73 Å². The molecule has 1 saturated carbocycles. The minimum absolute atomic E-state index is 0.0343. The lowest BCUT2D eigenvalue weighted by Crippen LogP contribution is -2.41. The molecule has 1 N–H and O–H groups in total.